The lowest BCUT2D eigenvalue weighted by Crippen LogP contribution is -2.48. The number of nitrogens with zero attached hydrogens (tertiary/aromatic N) is 1. The molecule has 4 heteroatoms. The van der Waals surface area contributed by atoms with E-state index in [1.54, 1.807) is 0 Å². The minimum atomic E-state index is -0.901. The van der Waals surface area contributed by atoms with Crippen molar-refractivity contribution in [3.05, 3.63) is 35.9 Å². The van der Waals surface area contributed by atoms with Gasteiger partial charge in [-0.1, -0.05) is 30.3 Å². The zero-order valence-electron chi connectivity index (χ0n) is 9.61. The molecule has 0 aliphatic rings. The molecule has 3 unspecified atom stereocenters. The Kier molecular flexibility index (Phi) is 4.89. The van der Waals surface area contributed by atoms with Crippen LogP contribution in [0.25, 0.3) is 0 Å². The van der Waals surface area contributed by atoms with E-state index in [-0.39, 0.29) is 0 Å². The Morgan fingerprint density at radius 2 is 1.50 bits per heavy atom. The summed E-state index contributed by atoms with van der Waals surface area (Å²) in [6, 6.07) is 9.46. The molecule has 0 spiro atoms. The highest BCUT2D eigenvalue weighted by Gasteiger charge is 2.24. The SMILES string of the molecule is CC(O)N(C(C)O)C(O)Cc1ccccc1. The molecule has 0 saturated carbocycles. The summed E-state index contributed by atoms with van der Waals surface area (Å²) in [6.07, 6.45) is -2.31. The fraction of sp³-hybridized carbons (Fsp3) is 0.500. The predicted molar refractivity (Wildman–Crippen MR) is 61.4 cm³/mol. The van der Waals surface area contributed by atoms with E-state index in [2.05, 4.69) is 0 Å². The minimum absolute atomic E-state index is 0.372. The molecule has 0 heterocycles. The molecule has 4 nitrogen and oxygen atoms in total. The summed E-state index contributed by atoms with van der Waals surface area (Å²) in [7, 11) is 0. The van der Waals surface area contributed by atoms with Crippen LogP contribution < -0.4 is 0 Å². The standard InChI is InChI=1S/C12H19NO3/c1-9(14)13(10(2)15)12(16)8-11-6-4-3-5-7-11/h3-7,9-10,12,14-16H,8H2,1-2H3. The van der Waals surface area contributed by atoms with E-state index in [4.69, 9.17) is 0 Å². The number of aliphatic hydroxyl groups is 3. The first-order valence-electron chi connectivity index (χ1n) is 5.38. The maximum absolute atomic E-state index is 9.91. The van der Waals surface area contributed by atoms with Gasteiger partial charge in [-0.05, 0) is 19.4 Å². The molecule has 1 aromatic rings. The second kappa shape index (κ2) is 5.96. The second-order valence-electron chi connectivity index (χ2n) is 3.88. The van der Waals surface area contributed by atoms with Gasteiger partial charge in [0.2, 0.25) is 0 Å². The van der Waals surface area contributed by atoms with Gasteiger partial charge in [-0.2, -0.15) is 0 Å². The summed E-state index contributed by atoms with van der Waals surface area (Å²) in [5.74, 6) is 0. The molecule has 1 rings (SSSR count). The summed E-state index contributed by atoms with van der Waals surface area (Å²) in [5.41, 5.74) is 0.960. The molecule has 0 aliphatic carbocycles. The van der Waals surface area contributed by atoms with Crippen molar-refractivity contribution in [2.75, 3.05) is 0 Å². The van der Waals surface area contributed by atoms with Crippen LogP contribution >= 0.6 is 0 Å². The van der Waals surface area contributed by atoms with E-state index in [0.29, 0.717) is 6.42 Å². The number of hydrogen-bond acceptors (Lipinski definition) is 4. The average molecular weight is 225 g/mol. The smallest absolute Gasteiger partial charge is 0.115 e. The molecule has 0 fully saturated rings. The van der Waals surface area contributed by atoms with Crippen LogP contribution in [0.1, 0.15) is 19.4 Å². The third kappa shape index (κ3) is 3.57. The highest BCUT2D eigenvalue weighted by atomic mass is 16.4. The van der Waals surface area contributed by atoms with Crippen LogP contribution in [0.2, 0.25) is 0 Å². The molecule has 1 aromatic carbocycles. The first-order valence-corrected chi connectivity index (χ1v) is 5.38. The Hall–Kier alpha value is -0.940. The Labute approximate surface area is 95.8 Å². The van der Waals surface area contributed by atoms with Gasteiger partial charge in [0, 0.05) is 6.42 Å². The molecule has 0 aliphatic heterocycles. The van der Waals surface area contributed by atoms with E-state index >= 15 is 0 Å². The largest absolute Gasteiger partial charge is 0.379 e. The first-order chi connectivity index (χ1) is 7.52. The number of rotatable bonds is 5. The molecule has 90 valence electrons. The first kappa shape index (κ1) is 13.1. The van der Waals surface area contributed by atoms with E-state index in [0.717, 1.165) is 5.56 Å². The molecule has 0 saturated heterocycles. The second-order valence-corrected chi connectivity index (χ2v) is 3.88. The van der Waals surface area contributed by atoms with Crippen molar-refractivity contribution in [2.24, 2.45) is 0 Å². The molecule has 0 amide bonds. The van der Waals surface area contributed by atoms with E-state index in [9.17, 15) is 15.3 Å². The van der Waals surface area contributed by atoms with Crippen molar-refractivity contribution in [2.45, 2.75) is 39.0 Å². The molecule has 3 atom stereocenters. The Bertz CT molecular complexity index is 292. The zero-order chi connectivity index (χ0) is 12.1. The molecule has 0 aromatic heterocycles. The molecule has 0 bridgehead atoms. The molecule has 16 heavy (non-hydrogen) atoms. The van der Waals surface area contributed by atoms with Crippen molar-refractivity contribution in [1.82, 2.24) is 4.90 Å². The summed E-state index contributed by atoms with van der Waals surface area (Å²) >= 11 is 0. The third-order valence-corrected chi connectivity index (χ3v) is 2.47. The quantitative estimate of drug-likeness (QED) is 0.639. The fourth-order valence-corrected chi connectivity index (χ4v) is 1.74. The molecular formula is C12H19NO3. The molecule has 0 radical (unpaired) electrons. The topological polar surface area (TPSA) is 63.9 Å². The van der Waals surface area contributed by atoms with Gasteiger partial charge in [0.15, 0.2) is 0 Å². The van der Waals surface area contributed by atoms with Crippen LogP contribution in [0.15, 0.2) is 30.3 Å². The Balaban J connectivity index is 2.66. The van der Waals surface area contributed by atoms with Gasteiger partial charge in [0.1, 0.15) is 18.7 Å². The van der Waals surface area contributed by atoms with Gasteiger partial charge in [0.05, 0.1) is 0 Å². The number of hydrogen-bond donors (Lipinski definition) is 3. The lowest BCUT2D eigenvalue weighted by Gasteiger charge is -2.32. The van der Waals surface area contributed by atoms with Crippen molar-refractivity contribution in [3.63, 3.8) is 0 Å². The van der Waals surface area contributed by atoms with Crippen molar-refractivity contribution in [3.8, 4) is 0 Å². The minimum Gasteiger partial charge on any atom is -0.379 e. The van der Waals surface area contributed by atoms with Crippen LogP contribution in [0.5, 0.6) is 0 Å². The van der Waals surface area contributed by atoms with Crippen LogP contribution in [0.3, 0.4) is 0 Å². The highest BCUT2D eigenvalue weighted by Crippen LogP contribution is 2.11. The summed E-state index contributed by atoms with van der Waals surface area (Å²) in [6.45, 7) is 3.03. The van der Waals surface area contributed by atoms with Gasteiger partial charge in [-0.25, -0.2) is 4.90 Å². The van der Waals surface area contributed by atoms with Crippen LogP contribution in [-0.4, -0.2) is 38.9 Å². The van der Waals surface area contributed by atoms with Gasteiger partial charge >= 0.3 is 0 Å². The number of aliphatic hydroxyl groups excluding tert-OH is 3. The van der Waals surface area contributed by atoms with E-state index < -0.39 is 18.7 Å². The average Bonchev–Trinajstić information content (AvgIpc) is 2.17. The Morgan fingerprint density at radius 3 is 1.94 bits per heavy atom. The third-order valence-electron chi connectivity index (χ3n) is 2.47. The molecular weight excluding hydrogens is 206 g/mol. The maximum atomic E-state index is 9.91. The zero-order valence-corrected chi connectivity index (χ0v) is 9.61. The van der Waals surface area contributed by atoms with Crippen molar-refractivity contribution >= 4 is 0 Å². The van der Waals surface area contributed by atoms with Gasteiger partial charge < -0.3 is 15.3 Å². The van der Waals surface area contributed by atoms with Crippen LogP contribution in [0, 0.1) is 0 Å². The number of benzene rings is 1. The predicted octanol–water partition coefficient (Wildman–Crippen LogP) is 0.526. The van der Waals surface area contributed by atoms with Gasteiger partial charge in [-0.15, -0.1) is 0 Å². The lowest BCUT2D eigenvalue weighted by atomic mass is 10.1. The summed E-state index contributed by atoms with van der Waals surface area (Å²) < 4.78 is 0. The summed E-state index contributed by atoms with van der Waals surface area (Å²) in [5, 5.41) is 28.8. The van der Waals surface area contributed by atoms with Crippen molar-refractivity contribution < 1.29 is 15.3 Å². The van der Waals surface area contributed by atoms with Gasteiger partial charge in [0.25, 0.3) is 0 Å². The van der Waals surface area contributed by atoms with E-state index in [1.165, 1.54) is 18.7 Å². The van der Waals surface area contributed by atoms with Crippen LogP contribution in [0.4, 0.5) is 0 Å². The summed E-state index contributed by atoms with van der Waals surface area (Å²) in [4.78, 5) is 1.24. The highest BCUT2D eigenvalue weighted by molar-refractivity contribution is 5.15. The van der Waals surface area contributed by atoms with Crippen molar-refractivity contribution in [1.29, 1.82) is 0 Å². The van der Waals surface area contributed by atoms with Crippen LogP contribution in [-0.2, 0) is 6.42 Å². The van der Waals surface area contributed by atoms with Gasteiger partial charge in [-0.3, -0.25) is 0 Å². The van der Waals surface area contributed by atoms with E-state index in [1.807, 2.05) is 30.3 Å². The molecule has 3 N–H and O–H groups in total. The monoisotopic (exact) mass is 225 g/mol. The normalized spacial score (nSPS) is 17.1. The lowest BCUT2D eigenvalue weighted by molar-refractivity contribution is -0.165. The maximum Gasteiger partial charge on any atom is 0.115 e. The fourth-order valence-electron chi connectivity index (χ4n) is 1.74. The Morgan fingerprint density at radius 1 is 1.00 bits per heavy atom.